The van der Waals surface area contributed by atoms with Gasteiger partial charge < -0.3 is 25.0 Å². The molecule has 1 aliphatic heterocycles. The van der Waals surface area contributed by atoms with E-state index < -0.39 is 11.9 Å². The Kier molecular flexibility index (Phi) is 6.91. The summed E-state index contributed by atoms with van der Waals surface area (Å²) in [6.45, 7) is 3.29. The van der Waals surface area contributed by atoms with Crippen molar-refractivity contribution in [1.29, 1.82) is 0 Å². The van der Waals surface area contributed by atoms with Crippen molar-refractivity contribution in [1.82, 2.24) is 19.8 Å². The summed E-state index contributed by atoms with van der Waals surface area (Å²) in [6, 6.07) is 5.38. The molecule has 1 fully saturated rings. The molecule has 1 aromatic carbocycles. The minimum Gasteiger partial charge on any atom is -0.478 e. The Labute approximate surface area is 159 Å². The molecule has 2 heterocycles. The number of carbonyl (C=O) groups is 3. The molecule has 0 aliphatic carbocycles. The maximum absolute atomic E-state index is 12.3. The lowest BCUT2D eigenvalue weighted by Gasteiger charge is -2.31. The Morgan fingerprint density at radius 1 is 1.11 bits per heavy atom. The van der Waals surface area contributed by atoms with Gasteiger partial charge in [0.05, 0.1) is 11.0 Å². The average Bonchev–Trinajstić information content (AvgIpc) is 3.03. The van der Waals surface area contributed by atoms with E-state index in [0.29, 0.717) is 23.0 Å². The Bertz CT molecular complexity index is 855. The number of aromatic amines is 1. The minimum atomic E-state index is -1.26. The molecular formula is C17H19ClN4O5. The van der Waals surface area contributed by atoms with Crippen LogP contribution in [0.1, 0.15) is 10.6 Å². The molecule has 3 N–H and O–H groups in total. The summed E-state index contributed by atoms with van der Waals surface area (Å²) in [5.41, 5.74) is 1.56. The highest BCUT2D eigenvalue weighted by molar-refractivity contribution is 6.31. The highest BCUT2D eigenvalue weighted by Gasteiger charge is 2.22. The number of carboxylic acids is 2. The highest BCUT2D eigenvalue weighted by Crippen LogP contribution is 2.18. The number of aromatic nitrogens is 2. The van der Waals surface area contributed by atoms with Crippen LogP contribution in [0, 0.1) is 0 Å². The molecule has 27 heavy (non-hydrogen) atoms. The van der Waals surface area contributed by atoms with E-state index >= 15 is 0 Å². The molecule has 1 amide bonds. The molecule has 0 unspecified atom stereocenters. The van der Waals surface area contributed by atoms with Gasteiger partial charge in [-0.05, 0) is 25.2 Å². The number of nitrogens with one attached hydrogen (secondary N) is 1. The molecule has 0 spiro atoms. The summed E-state index contributed by atoms with van der Waals surface area (Å²) < 4.78 is 0. The van der Waals surface area contributed by atoms with Crippen LogP contribution in [0.3, 0.4) is 0 Å². The fraction of sp³-hybridized carbons (Fsp3) is 0.294. The fourth-order valence-electron chi connectivity index (χ4n) is 2.38. The lowest BCUT2D eigenvalue weighted by Crippen LogP contribution is -2.47. The van der Waals surface area contributed by atoms with Crippen LogP contribution >= 0.6 is 11.6 Å². The van der Waals surface area contributed by atoms with Gasteiger partial charge in [0.1, 0.15) is 0 Å². The lowest BCUT2D eigenvalue weighted by atomic mass is 10.3. The second kappa shape index (κ2) is 9.15. The van der Waals surface area contributed by atoms with E-state index in [-0.39, 0.29) is 5.91 Å². The molecule has 0 atom stereocenters. The second-order valence-corrected chi connectivity index (χ2v) is 6.29. The van der Waals surface area contributed by atoms with Crippen molar-refractivity contribution >= 4 is 40.5 Å². The summed E-state index contributed by atoms with van der Waals surface area (Å²) in [5.74, 6) is -2.16. The highest BCUT2D eigenvalue weighted by atomic mass is 35.5. The molecule has 10 heteroatoms. The Morgan fingerprint density at radius 3 is 2.26 bits per heavy atom. The summed E-state index contributed by atoms with van der Waals surface area (Å²) in [7, 11) is 2.06. The van der Waals surface area contributed by atoms with E-state index in [4.69, 9.17) is 21.8 Å². The number of hydrogen-bond donors (Lipinski definition) is 3. The predicted molar refractivity (Wildman–Crippen MR) is 98.9 cm³/mol. The molecule has 2 aromatic rings. The van der Waals surface area contributed by atoms with Gasteiger partial charge in [-0.1, -0.05) is 11.6 Å². The number of benzene rings is 1. The van der Waals surface area contributed by atoms with Gasteiger partial charge in [-0.15, -0.1) is 0 Å². The van der Waals surface area contributed by atoms with E-state index in [1.807, 2.05) is 11.0 Å². The molecule has 0 saturated carbocycles. The van der Waals surface area contributed by atoms with Gasteiger partial charge in [-0.25, -0.2) is 14.6 Å². The van der Waals surface area contributed by atoms with Crippen LogP contribution in [-0.2, 0) is 9.59 Å². The molecule has 9 nitrogen and oxygen atoms in total. The normalized spacial score (nSPS) is 14.8. The topological polar surface area (TPSA) is 127 Å². The Morgan fingerprint density at radius 2 is 1.70 bits per heavy atom. The zero-order valence-electron chi connectivity index (χ0n) is 14.6. The van der Waals surface area contributed by atoms with Crippen molar-refractivity contribution in [2.45, 2.75) is 0 Å². The van der Waals surface area contributed by atoms with Gasteiger partial charge >= 0.3 is 11.9 Å². The maximum atomic E-state index is 12.3. The zero-order chi connectivity index (χ0) is 20.0. The van der Waals surface area contributed by atoms with Gasteiger partial charge in [0.25, 0.3) is 5.91 Å². The summed E-state index contributed by atoms with van der Waals surface area (Å²) in [5, 5.41) is 16.2. The second-order valence-electron chi connectivity index (χ2n) is 5.85. The number of likely N-dealkylation sites (N-methyl/N-ethyl adjacent to an activating group) is 1. The van der Waals surface area contributed by atoms with E-state index in [0.717, 1.165) is 37.2 Å². The van der Waals surface area contributed by atoms with Crippen molar-refractivity contribution in [2.75, 3.05) is 33.2 Å². The van der Waals surface area contributed by atoms with E-state index in [2.05, 4.69) is 21.9 Å². The third kappa shape index (κ3) is 6.08. The van der Waals surface area contributed by atoms with Crippen molar-refractivity contribution in [2.24, 2.45) is 0 Å². The number of aliphatic carboxylic acids is 2. The fourth-order valence-corrected chi connectivity index (χ4v) is 2.55. The van der Waals surface area contributed by atoms with Crippen LogP contribution in [0.2, 0.25) is 5.02 Å². The number of H-pyrrole nitrogens is 1. The third-order valence-electron chi connectivity index (χ3n) is 3.81. The third-order valence-corrected chi connectivity index (χ3v) is 4.04. The van der Waals surface area contributed by atoms with Crippen molar-refractivity contribution < 1.29 is 24.6 Å². The minimum absolute atomic E-state index is 0.0413. The number of halogens is 1. The Balaban J connectivity index is 0.000000279. The summed E-state index contributed by atoms with van der Waals surface area (Å²) >= 11 is 5.92. The van der Waals surface area contributed by atoms with Crippen LogP contribution in [0.5, 0.6) is 0 Å². The lowest BCUT2D eigenvalue weighted by molar-refractivity contribution is -0.134. The van der Waals surface area contributed by atoms with Crippen LogP contribution in [0.4, 0.5) is 0 Å². The quantitative estimate of drug-likeness (QED) is 0.670. The van der Waals surface area contributed by atoms with Gasteiger partial charge in [0, 0.05) is 43.4 Å². The first-order valence-electron chi connectivity index (χ1n) is 8.03. The first-order chi connectivity index (χ1) is 12.8. The van der Waals surface area contributed by atoms with Gasteiger partial charge in [-0.2, -0.15) is 0 Å². The molecule has 0 bridgehead atoms. The van der Waals surface area contributed by atoms with Crippen LogP contribution in [-0.4, -0.2) is 81.1 Å². The van der Waals surface area contributed by atoms with Crippen LogP contribution in [0.25, 0.3) is 11.0 Å². The number of imidazole rings is 1. The first-order valence-corrected chi connectivity index (χ1v) is 8.41. The molecular weight excluding hydrogens is 376 g/mol. The molecule has 3 rings (SSSR count). The number of hydrogen-bond acceptors (Lipinski definition) is 5. The zero-order valence-corrected chi connectivity index (χ0v) is 15.3. The number of carboxylic acid groups (broad SMARTS) is 2. The smallest absolute Gasteiger partial charge is 0.328 e. The number of nitrogens with zero attached hydrogens (tertiary/aromatic N) is 3. The first kappa shape index (κ1) is 20.4. The molecule has 1 saturated heterocycles. The number of carbonyl (C=O) groups excluding carboxylic acids is 1. The molecule has 1 aromatic heterocycles. The van der Waals surface area contributed by atoms with Crippen LogP contribution in [0.15, 0.2) is 30.4 Å². The molecule has 0 radical (unpaired) electrons. The molecule has 1 aliphatic rings. The average molecular weight is 395 g/mol. The molecule has 144 valence electrons. The van der Waals surface area contributed by atoms with Crippen molar-refractivity contribution in [3.63, 3.8) is 0 Å². The van der Waals surface area contributed by atoms with E-state index in [1.165, 1.54) is 0 Å². The van der Waals surface area contributed by atoms with Crippen molar-refractivity contribution in [3.8, 4) is 0 Å². The standard InChI is InChI=1S/C13H15ClN4O.C4H4O4/c1-17-4-6-18(7-5-17)13(19)12-15-10-3-2-9(14)8-11(10)16-12;5-3(6)1-2-4(7)8/h2-3,8H,4-7H2,1H3,(H,15,16);1-2H,(H,5,6)(H,7,8). The Hall–Kier alpha value is -2.91. The van der Waals surface area contributed by atoms with Crippen LogP contribution < -0.4 is 0 Å². The number of rotatable bonds is 3. The monoisotopic (exact) mass is 394 g/mol. The summed E-state index contributed by atoms with van der Waals surface area (Å²) in [4.78, 5) is 42.9. The van der Waals surface area contributed by atoms with Gasteiger partial charge in [0.15, 0.2) is 5.82 Å². The SMILES string of the molecule is CN1CCN(C(=O)c2nc3cc(Cl)ccc3[nH]2)CC1.O=C(O)C=CC(=O)O. The van der Waals surface area contributed by atoms with E-state index in [1.54, 1.807) is 12.1 Å². The van der Waals surface area contributed by atoms with Crippen molar-refractivity contribution in [3.05, 3.63) is 41.2 Å². The number of fused-ring (bicyclic) bond motifs is 1. The largest absolute Gasteiger partial charge is 0.478 e. The number of piperazine rings is 1. The van der Waals surface area contributed by atoms with Gasteiger partial charge in [0.2, 0.25) is 0 Å². The van der Waals surface area contributed by atoms with Gasteiger partial charge in [-0.3, -0.25) is 4.79 Å². The summed E-state index contributed by atoms with van der Waals surface area (Å²) in [6.07, 6.45) is 1.12. The number of amides is 1. The predicted octanol–water partition coefficient (Wildman–Crippen LogP) is 1.32. The van der Waals surface area contributed by atoms with E-state index in [9.17, 15) is 14.4 Å². The maximum Gasteiger partial charge on any atom is 0.328 e.